The first-order valence-corrected chi connectivity index (χ1v) is 8.37. The van der Waals surface area contributed by atoms with Crippen molar-refractivity contribution >= 4 is 15.9 Å². The summed E-state index contributed by atoms with van der Waals surface area (Å²) in [6.45, 7) is 4.01. The Morgan fingerprint density at radius 2 is 1.91 bits per heavy atom. The number of rotatable bonds is 8. The molecule has 3 nitrogen and oxygen atoms in total. The highest BCUT2D eigenvalue weighted by atomic mass is 79.9. The van der Waals surface area contributed by atoms with E-state index in [-0.39, 0.29) is 5.82 Å². The fraction of sp³-hybridized carbons (Fsp3) is 0.333. The van der Waals surface area contributed by atoms with Gasteiger partial charge in [0.1, 0.15) is 5.82 Å². The molecule has 0 aromatic heterocycles. The van der Waals surface area contributed by atoms with Crippen LogP contribution in [0.1, 0.15) is 18.1 Å². The van der Waals surface area contributed by atoms with Gasteiger partial charge in [0.2, 0.25) is 0 Å². The van der Waals surface area contributed by atoms with Crippen LogP contribution in [-0.4, -0.2) is 20.3 Å². The zero-order valence-corrected chi connectivity index (χ0v) is 15.0. The first-order chi connectivity index (χ1) is 11.1. The SMILES string of the molecule is CCOc1c(CNCCc2ccc(F)cc2)cc(Br)cc1OC. The number of nitrogens with one attached hydrogen (secondary N) is 1. The summed E-state index contributed by atoms with van der Waals surface area (Å²) in [5.74, 6) is 1.29. The summed E-state index contributed by atoms with van der Waals surface area (Å²) < 4.78 is 24.9. The third kappa shape index (κ3) is 5.22. The van der Waals surface area contributed by atoms with Gasteiger partial charge in [0.05, 0.1) is 13.7 Å². The Balaban J connectivity index is 1.96. The quantitative estimate of drug-likeness (QED) is 0.690. The average molecular weight is 382 g/mol. The van der Waals surface area contributed by atoms with Crippen LogP contribution in [0.2, 0.25) is 0 Å². The third-order valence-electron chi connectivity index (χ3n) is 3.42. The lowest BCUT2D eigenvalue weighted by atomic mass is 10.1. The minimum Gasteiger partial charge on any atom is -0.493 e. The highest BCUT2D eigenvalue weighted by Crippen LogP contribution is 2.34. The maximum Gasteiger partial charge on any atom is 0.165 e. The Morgan fingerprint density at radius 3 is 2.57 bits per heavy atom. The second-order valence-corrected chi connectivity index (χ2v) is 6.00. The lowest BCUT2D eigenvalue weighted by molar-refractivity contribution is 0.306. The molecule has 0 aliphatic carbocycles. The molecule has 0 radical (unpaired) electrons. The largest absolute Gasteiger partial charge is 0.493 e. The topological polar surface area (TPSA) is 30.5 Å². The molecule has 1 N–H and O–H groups in total. The van der Waals surface area contributed by atoms with Gasteiger partial charge in [-0.05, 0) is 49.7 Å². The Bertz CT molecular complexity index is 632. The van der Waals surface area contributed by atoms with E-state index in [1.165, 1.54) is 12.1 Å². The standard InChI is InChI=1S/C18H21BrFNO2/c1-3-23-18-14(10-15(19)11-17(18)22-2)12-21-9-8-13-4-6-16(20)7-5-13/h4-7,10-11,21H,3,8-9,12H2,1-2H3. The van der Waals surface area contributed by atoms with Crippen LogP contribution in [0.3, 0.4) is 0 Å². The van der Waals surface area contributed by atoms with E-state index < -0.39 is 0 Å². The van der Waals surface area contributed by atoms with Gasteiger partial charge in [-0.15, -0.1) is 0 Å². The van der Waals surface area contributed by atoms with Crippen LogP contribution >= 0.6 is 15.9 Å². The highest BCUT2D eigenvalue weighted by molar-refractivity contribution is 9.10. The Hall–Kier alpha value is -1.59. The van der Waals surface area contributed by atoms with Crippen LogP contribution in [0, 0.1) is 5.82 Å². The van der Waals surface area contributed by atoms with Crippen LogP contribution in [-0.2, 0) is 13.0 Å². The Labute approximate surface area is 144 Å². The minimum absolute atomic E-state index is 0.204. The number of halogens is 2. The van der Waals surface area contributed by atoms with E-state index in [1.54, 1.807) is 7.11 Å². The predicted octanol–water partition coefficient (Wildman–Crippen LogP) is 4.33. The lowest BCUT2D eigenvalue weighted by Gasteiger charge is -2.15. The van der Waals surface area contributed by atoms with Crippen molar-refractivity contribution in [3.05, 3.63) is 57.8 Å². The van der Waals surface area contributed by atoms with E-state index >= 15 is 0 Å². The molecule has 5 heteroatoms. The molecule has 0 amide bonds. The van der Waals surface area contributed by atoms with Crippen molar-refractivity contribution in [2.45, 2.75) is 19.9 Å². The zero-order valence-electron chi connectivity index (χ0n) is 13.4. The maximum absolute atomic E-state index is 12.9. The van der Waals surface area contributed by atoms with E-state index in [1.807, 2.05) is 31.2 Å². The summed E-state index contributed by atoms with van der Waals surface area (Å²) in [7, 11) is 1.63. The molecule has 0 bridgehead atoms. The van der Waals surface area contributed by atoms with Crippen LogP contribution < -0.4 is 14.8 Å². The van der Waals surface area contributed by atoms with Gasteiger partial charge < -0.3 is 14.8 Å². The zero-order chi connectivity index (χ0) is 16.7. The summed E-state index contributed by atoms with van der Waals surface area (Å²) in [6, 6.07) is 10.5. The van der Waals surface area contributed by atoms with Gasteiger partial charge in [-0.2, -0.15) is 0 Å². The molecule has 0 saturated heterocycles. The van der Waals surface area contributed by atoms with E-state index in [4.69, 9.17) is 9.47 Å². The monoisotopic (exact) mass is 381 g/mol. The minimum atomic E-state index is -0.204. The molecule has 124 valence electrons. The third-order valence-corrected chi connectivity index (χ3v) is 3.88. The molecule has 2 aromatic carbocycles. The predicted molar refractivity (Wildman–Crippen MR) is 93.7 cm³/mol. The molecule has 0 unspecified atom stereocenters. The normalized spacial score (nSPS) is 10.6. The van der Waals surface area contributed by atoms with Crippen molar-refractivity contribution < 1.29 is 13.9 Å². The van der Waals surface area contributed by atoms with Gasteiger partial charge in [0, 0.05) is 16.6 Å². The summed E-state index contributed by atoms with van der Waals surface area (Å²) in [5, 5.41) is 3.39. The number of ether oxygens (including phenoxy) is 2. The summed E-state index contributed by atoms with van der Waals surface area (Å²) in [6.07, 6.45) is 0.843. The van der Waals surface area contributed by atoms with Gasteiger partial charge in [-0.3, -0.25) is 0 Å². The first-order valence-electron chi connectivity index (χ1n) is 7.58. The summed E-state index contributed by atoms with van der Waals surface area (Å²) in [5.41, 5.74) is 2.15. The molecule has 0 saturated carbocycles. The molecule has 0 atom stereocenters. The fourth-order valence-electron chi connectivity index (χ4n) is 2.32. The van der Waals surface area contributed by atoms with E-state index in [9.17, 15) is 4.39 Å². The summed E-state index contributed by atoms with van der Waals surface area (Å²) >= 11 is 3.49. The molecule has 0 aliphatic rings. The van der Waals surface area contributed by atoms with Gasteiger partial charge in [-0.25, -0.2) is 4.39 Å². The lowest BCUT2D eigenvalue weighted by Crippen LogP contribution is -2.17. The Morgan fingerprint density at radius 1 is 1.17 bits per heavy atom. The van der Waals surface area contributed by atoms with Crippen molar-refractivity contribution in [2.24, 2.45) is 0 Å². The summed E-state index contributed by atoms with van der Waals surface area (Å²) in [4.78, 5) is 0. The molecular weight excluding hydrogens is 361 g/mol. The van der Waals surface area contributed by atoms with Gasteiger partial charge in [0.25, 0.3) is 0 Å². The maximum atomic E-state index is 12.9. The van der Waals surface area contributed by atoms with Crippen LogP contribution in [0.25, 0.3) is 0 Å². The van der Waals surface area contributed by atoms with Gasteiger partial charge in [-0.1, -0.05) is 28.1 Å². The van der Waals surface area contributed by atoms with E-state index in [2.05, 4.69) is 21.2 Å². The van der Waals surface area contributed by atoms with Crippen LogP contribution in [0.4, 0.5) is 4.39 Å². The fourth-order valence-corrected chi connectivity index (χ4v) is 2.80. The molecular formula is C18H21BrFNO2. The number of benzene rings is 2. The van der Waals surface area contributed by atoms with E-state index in [0.29, 0.717) is 13.2 Å². The van der Waals surface area contributed by atoms with Crippen LogP contribution in [0.15, 0.2) is 40.9 Å². The molecule has 0 spiro atoms. The molecule has 0 heterocycles. The molecule has 0 fully saturated rings. The van der Waals surface area contributed by atoms with Crippen LogP contribution in [0.5, 0.6) is 11.5 Å². The van der Waals surface area contributed by atoms with Crippen molar-refractivity contribution in [3.63, 3.8) is 0 Å². The highest BCUT2D eigenvalue weighted by Gasteiger charge is 2.12. The van der Waals surface area contributed by atoms with Gasteiger partial charge >= 0.3 is 0 Å². The first kappa shape index (κ1) is 17.8. The van der Waals surface area contributed by atoms with Gasteiger partial charge in [0.15, 0.2) is 11.5 Å². The van der Waals surface area contributed by atoms with Crippen molar-refractivity contribution in [3.8, 4) is 11.5 Å². The number of methoxy groups -OCH3 is 1. The number of hydrogen-bond donors (Lipinski definition) is 1. The average Bonchev–Trinajstić information content (AvgIpc) is 2.55. The molecule has 2 aromatic rings. The molecule has 2 rings (SSSR count). The number of hydrogen-bond acceptors (Lipinski definition) is 3. The molecule has 23 heavy (non-hydrogen) atoms. The second-order valence-electron chi connectivity index (χ2n) is 5.08. The molecule has 0 aliphatic heterocycles. The van der Waals surface area contributed by atoms with Crippen molar-refractivity contribution in [1.82, 2.24) is 5.32 Å². The van der Waals surface area contributed by atoms with Crippen molar-refractivity contribution in [1.29, 1.82) is 0 Å². The second kappa shape index (κ2) is 8.89. The smallest absolute Gasteiger partial charge is 0.165 e. The Kier molecular flexibility index (Phi) is 6.86. The van der Waals surface area contributed by atoms with Crippen molar-refractivity contribution in [2.75, 3.05) is 20.3 Å². The van der Waals surface area contributed by atoms with E-state index in [0.717, 1.165) is 40.1 Å².